The van der Waals surface area contributed by atoms with Gasteiger partial charge < -0.3 is 10.6 Å². The normalized spacial score (nSPS) is 12.8. The fourth-order valence-electron chi connectivity index (χ4n) is 1.92. The van der Waals surface area contributed by atoms with Crippen LogP contribution >= 0.6 is 11.6 Å². The van der Waals surface area contributed by atoms with Crippen molar-refractivity contribution in [2.75, 3.05) is 23.9 Å². The molecule has 1 amide bonds. The van der Waals surface area contributed by atoms with Crippen LogP contribution in [0.5, 0.6) is 0 Å². The number of carbonyl (C=O) groups excluding carboxylic acids is 1. The Morgan fingerprint density at radius 3 is 2.62 bits per heavy atom. The van der Waals surface area contributed by atoms with Gasteiger partial charge in [0.2, 0.25) is 0 Å². The van der Waals surface area contributed by atoms with E-state index in [4.69, 9.17) is 11.6 Å². The first-order valence-electron chi connectivity index (χ1n) is 6.75. The summed E-state index contributed by atoms with van der Waals surface area (Å²) >= 11 is 5.93. The van der Waals surface area contributed by atoms with Gasteiger partial charge in [-0.2, -0.15) is 0 Å². The maximum Gasteiger partial charge on any atom is 0.253 e. The number of amides is 1. The monoisotopic (exact) mass is 332 g/mol. The highest BCUT2D eigenvalue weighted by Crippen LogP contribution is 2.21. The minimum absolute atomic E-state index is 0.100. The van der Waals surface area contributed by atoms with Crippen molar-refractivity contribution in [2.24, 2.45) is 0 Å². The average molecular weight is 333 g/mol. The molecular formula is C14H21ClN2O3S. The number of benzene rings is 1. The molecule has 0 spiro atoms. The Balaban J connectivity index is 2.87. The molecule has 1 aromatic rings. The van der Waals surface area contributed by atoms with Crippen molar-refractivity contribution in [1.82, 2.24) is 5.32 Å². The maximum atomic E-state index is 12.3. The quantitative estimate of drug-likeness (QED) is 0.803. The molecule has 0 aromatic heterocycles. The van der Waals surface area contributed by atoms with E-state index in [9.17, 15) is 13.2 Å². The fourth-order valence-corrected chi connectivity index (χ4v) is 3.08. The molecule has 0 saturated carbocycles. The number of rotatable bonds is 7. The summed E-state index contributed by atoms with van der Waals surface area (Å²) in [4.78, 5) is 12.3. The fraction of sp³-hybridized carbons (Fsp3) is 0.500. The van der Waals surface area contributed by atoms with E-state index in [0.717, 1.165) is 19.2 Å². The molecule has 0 radical (unpaired) electrons. The van der Waals surface area contributed by atoms with Crippen LogP contribution in [-0.4, -0.2) is 38.9 Å². The van der Waals surface area contributed by atoms with E-state index >= 15 is 0 Å². The lowest BCUT2D eigenvalue weighted by atomic mass is 10.1. The lowest BCUT2D eigenvalue weighted by molar-refractivity contribution is 0.0944. The summed E-state index contributed by atoms with van der Waals surface area (Å²) in [7, 11) is -3.14. The maximum absolute atomic E-state index is 12.3. The SMILES string of the molecule is CCCNc1ccc(Cl)cc1C(=O)NC(C)CS(C)(=O)=O. The third kappa shape index (κ3) is 6.35. The van der Waals surface area contributed by atoms with E-state index < -0.39 is 15.9 Å². The van der Waals surface area contributed by atoms with Crippen LogP contribution in [0.4, 0.5) is 5.69 Å². The molecule has 0 heterocycles. The Labute approximate surface area is 131 Å². The predicted octanol–water partition coefficient (Wildman–Crippen LogP) is 2.32. The zero-order valence-corrected chi connectivity index (χ0v) is 14.0. The number of carbonyl (C=O) groups is 1. The third-order valence-electron chi connectivity index (χ3n) is 2.72. The van der Waals surface area contributed by atoms with Gasteiger partial charge in [-0.05, 0) is 31.5 Å². The van der Waals surface area contributed by atoms with Gasteiger partial charge in [-0.15, -0.1) is 0 Å². The second-order valence-electron chi connectivity index (χ2n) is 5.08. The van der Waals surface area contributed by atoms with Crippen molar-refractivity contribution in [2.45, 2.75) is 26.3 Å². The molecule has 0 aliphatic rings. The summed E-state index contributed by atoms with van der Waals surface area (Å²) in [6.45, 7) is 4.42. The van der Waals surface area contributed by atoms with Gasteiger partial charge in [-0.3, -0.25) is 4.79 Å². The largest absolute Gasteiger partial charge is 0.384 e. The molecule has 7 heteroatoms. The molecule has 1 aromatic carbocycles. The molecule has 1 rings (SSSR count). The van der Waals surface area contributed by atoms with E-state index in [-0.39, 0.29) is 11.7 Å². The van der Waals surface area contributed by atoms with Crippen molar-refractivity contribution < 1.29 is 13.2 Å². The second kappa shape index (κ2) is 7.66. The number of nitrogens with one attached hydrogen (secondary N) is 2. The lowest BCUT2D eigenvalue weighted by Crippen LogP contribution is -2.37. The summed E-state index contributed by atoms with van der Waals surface area (Å²) in [5.74, 6) is -0.441. The van der Waals surface area contributed by atoms with Crippen LogP contribution in [0, 0.1) is 0 Å². The minimum Gasteiger partial charge on any atom is -0.384 e. The molecule has 0 saturated heterocycles. The number of anilines is 1. The van der Waals surface area contributed by atoms with Crippen molar-refractivity contribution >= 4 is 33.0 Å². The first-order valence-corrected chi connectivity index (χ1v) is 9.18. The van der Waals surface area contributed by atoms with Crippen molar-refractivity contribution in [3.63, 3.8) is 0 Å². The van der Waals surface area contributed by atoms with Crippen LogP contribution < -0.4 is 10.6 Å². The van der Waals surface area contributed by atoms with E-state index in [1.54, 1.807) is 25.1 Å². The topological polar surface area (TPSA) is 75.3 Å². The van der Waals surface area contributed by atoms with Gasteiger partial charge in [0.15, 0.2) is 0 Å². The van der Waals surface area contributed by atoms with Crippen molar-refractivity contribution in [3.05, 3.63) is 28.8 Å². The summed E-state index contributed by atoms with van der Waals surface area (Å²) in [6.07, 6.45) is 2.07. The Morgan fingerprint density at radius 2 is 2.05 bits per heavy atom. The van der Waals surface area contributed by atoms with Crippen molar-refractivity contribution in [1.29, 1.82) is 0 Å². The van der Waals surface area contributed by atoms with Crippen LogP contribution in [-0.2, 0) is 9.84 Å². The van der Waals surface area contributed by atoms with E-state index in [2.05, 4.69) is 10.6 Å². The summed E-state index contributed by atoms with van der Waals surface area (Å²) in [5.41, 5.74) is 1.10. The number of hydrogen-bond donors (Lipinski definition) is 2. The van der Waals surface area contributed by atoms with Gasteiger partial charge in [0.1, 0.15) is 9.84 Å². The predicted molar refractivity (Wildman–Crippen MR) is 86.9 cm³/mol. The minimum atomic E-state index is -3.14. The van der Waals surface area contributed by atoms with Gasteiger partial charge in [0, 0.05) is 29.6 Å². The molecule has 2 N–H and O–H groups in total. The summed E-state index contributed by atoms with van der Waals surface area (Å²) in [5, 5.41) is 6.29. The Hall–Kier alpha value is -1.27. The molecule has 0 fully saturated rings. The van der Waals surface area contributed by atoms with Gasteiger partial charge in [-0.25, -0.2) is 8.42 Å². The van der Waals surface area contributed by atoms with Crippen LogP contribution in [0.1, 0.15) is 30.6 Å². The standard InChI is InChI=1S/C14H21ClN2O3S/c1-4-7-16-13-6-5-11(15)8-12(13)14(18)17-10(2)9-21(3,19)20/h5-6,8,10,16H,4,7,9H2,1-3H3,(H,17,18). The molecule has 0 aliphatic heterocycles. The van der Waals surface area contributed by atoms with E-state index in [1.807, 2.05) is 6.92 Å². The second-order valence-corrected chi connectivity index (χ2v) is 7.70. The van der Waals surface area contributed by atoms with Crippen molar-refractivity contribution in [3.8, 4) is 0 Å². The average Bonchev–Trinajstić information content (AvgIpc) is 2.34. The Kier molecular flexibility index (Phi) is 6.48. The Bertz CT molecular complexity index is 602. The van der Waals surface area contributed by atoms with Crippen LogP contribution in [0.2, 0.25) is 5.02 Å². The molecular weight excluding hydrogens is 312 g/mol. The summed E-state index contributed by atoms with van der Waals surface area (Å²) in [6, 6.07) is 4.55. The highest BCUT2D eigenvalue weighted by atomic mass is 35.5. The van der Waals surface area contributed by atoms with Crippen LogP contribution in [0.15, 0.2) is 18.2 Å². The number of sulfone groups is 1. The molecule has 21 heavy (non-hydrogen) atoms. The number of halogens is 1. The van der Waals surface area contributed by atoms with E-state index in [1.165, 1.54) is 0 Å². The van der Waals surface area contributed by atoms with Gasteiger partial charge in [-0.1, -0.05) is 18.5 Å². The first-order chi connectivity index (χ1) is 9.73. The lowest BCUT2D eigenvalue weighted by Gasteiger charge is -2.16. The zero-order valence-electron chi connectivity index (χ0n) is 12.4. The third-order valence-corrected chi connectivity index (χ3v) is 4.06. The molecule has 118 valence electrons. The molecule has 5 nitrogen and oxygen atoms in total. The molecule has 1 unspecified atom stereocenters. The number of hydrogen-bond acceptors (Lipinski definition) is 4. The molecule has 1 atom stereocenters. The smallest absolute Gasteiger partial charge is 0.253 e. The van der Waals surface area contributed by atoms with Gasteiger partial charge in [0.25, 0.3) is 5.91 Å². The summed E-state index contributed by atoms with van der Waals surface area (Å²) < 4.78 is 22.5. The zero-order chi connectivity index (χ0) is 16.0. The molecule has 0 aliphatic carbocycles. The van der Waals surface area contributed by atoms with Gasteiger partial charge in [0.05, 0.1) is 11.3 Å². The molecule has 0 bridgehead atoms. The highest BCUT2D eigenvalue weighted by molar-refractivity contribution is 7.90. The van der Waals surface area contributed by atoms with Gasteiger partial charge >= 0.3 is 0 Å². The van der Waals surface area contributed by atoms with Crippen LogP contribution in [0.3, 0.4) is 0 Å². The first kappa shape index (κ1) is 17.8. The Morgan fingerprint density at radius 1 is 1.38 bits per heavy atom. The van der Waals surface area contributed by atoms with E-state index in [0.29, 0.717) is 16.3 Å². The highest BCUT2D eigenvalue weighted by Gasteiger charge is 2.17. The van der Waals surface area contributed by atoms with Crippen LogP contribution in [0.25, 0.3) is 0 Å².